The van der Waals surface area contributed by atoms with Gasteiger partial charge in [0, 0.05) is 20.7 Å². The molecule has 0 radical (unpaired) electrons. The van der Waals surface area contributed by atoms with E-state index in [1.807, 2.05) is 36.4 Å². The number of nitriles is 1. The number of amidine groups is 1. The van der Waals surface area contributed by atoms with E-state index in [1.54, 1.807) is 23.9 Å². The Bertz CT molecular complexity index is 812. The molecule has 0 aromatic heterocycles. The van der Waals surface area contributed by atoms with Gasteiger partial charge in [0.1, 0.15) is 6.07 Å². The number of nitrogens with zero attached hydrogens (tertiary/aromatic N) is 2. The van der Waals surface area contributed by atoms with Crippen molar-refractivity contribution in [1.82, 2.24) is 0 Å². The molecule has 0 aliphatic heterocycles. The van der Waals surface area contributed by atoms with Crippen LogP contribution in [-0.2, 0) is 5.75 Å². The molecule has 0 fully saturated rings. The molecule has 0 atom stereocenters. The number of hydrogen-bond donors (Lipinski definition) is 3. The molecule has 0 amide bonds. The lowest BCUT2D eigenvalue weighted by atomic mass is 10.2. The maximum atomic E-state index is 8.77. The molecule has 0 saturated heterocycles. The van der Waals surface area contributed by atoms with Crippen LogP contribution in [0.5, 0.6) is 0 Å². The van der Waals surface area contributed by atoms with E-state index in [0.717, 1.165) is 16.2 Å². The standard InChI is InChI=1S/C16H13Cl2N5S/c17-11-2-1-10(14(18)7-11)9-24-13-5-3-12(4-6-13)22-23-15(8-19)16(20)21/h1-7,22H,9H2,(H3,20,21)/b23-15+. The van der Waals surface area contributed by atoms with Crippen LogP contribution in [0.25, 0.3) is 0 Å². The average molecular weight is 378 g/mol. The number of nitrogens with one attached hydrogen (secondary N) is 2. The summed E-state index contributed by atoms with van der Waals surface area (Å²) in [4.78, 5) is 1.06. The minimum absolute atomic E-state index is 0.161. The van der Waals surface area contributed by atoms with Gasteiger partial charge in [0.15, 0.2) is 5.84 Å². The van der Waals surface area contributed by atoms with Gasteiger partial charge < -0.3 is 5.73 Å². The zero-order chi connectivity index (χ0) is 17.5. The number of rotatable bonds is 6. The lowest BCUT2D eigenvalue weighted by Crippen LogP contribution is -2.21. The van der Waals surface area contributed by atoms with Gasteiger partial charge >= 0.3 is 0 Å². The summed E-state index contributed by atoms with van der Waals surface area (Å²) in [6.45, 7) is 0. The molecular weight excluding hydrogens is 365 g/mol. The Morgan fingerprint density at radius 2 is 1.96 bits per heavy atom. The van der Waals surface area contributed by atoms with Gasteiger partial charge in [0.05, 0.1) is 5.69 Å². The fraction of sp³-hybridized carbons (Fsp3) is 0.0625. The number of benzene rings is 2. The maximum absolute atomic E-state index is 8.77. The van der Waals surface area contributed by atoms with Gasteiger partial charge in [0.25, 0.3) is 0 Å². The summed E-state index contributed by atoms with van der Waals surface area (Å²) < 4.78 is 0. The van der Waals surface area contributed by atoms with Crippen LogP contribution in [0.15, 0.2) is 52.5 Å². The smallest absolute Gasteiger partial charge is 0.201 e. The van der Waals surface area contributed by atoms with Crippen LogP contribution in [0.3, 0.4) is 0 Å². The number of anilines is 1. The molecule has 2 rings (SSSR count). The molecule has 2 aromatic rings. The summed E-state index contributed by atoms with van der Waals surface area (Å²) in [6, 6.07) is 14.7. The van der Waals surface area contributed by atoms with Crippen molar-refractivity contribution in [3.63, 3.8) is 0 Å². The lowest BCUT2D eigenvalue weighted by molar-refractivity contribution is 1.31. The first kappa shape index (κ1) is 18.1. The fourth-order valence-electron chi connectivity index (χ4n) is 1.69. The Morgan fingerprint density at radius 3 is 2.54 bits per heavy atom. The first-order chi connectivity index (χ1) is 11.5. The molecular formula is C16H13Cl2N5S. The van der Waals surface area contributed by atoms with E-state index in [1.165, 1.54) is 0 Å². The van der Waals surface area contributed by atoms with E-state index < -0.39 is 0 Å². The van der Waals surface area contributed by atoms with Crippen LogP contribution >= 0.6 is 35.0 Å². The van der Waals surface area contributed by atoms with Gasteiger partial charge in [-0.3, -0.25) is 10.8 Å². The van der Waals surface area contributed by atoms with Gasteiger partial charge in [-0.2, -0.15) is 10.4 Å². The Kier molecular flexibility index (Phi) is 6.50. The van der Waals surface area contributed by atoms with Gasteiger partial charge in [-0.25, -0.2) is 0 Å². The first-order valence-electron chi connectivity index (χ1n) is 6.74. The fourth-order valence-corrected chi connectivity index (χ4v) is 3.15. The Balaban J connectivity index is 1.97. The zero-order valence-corrected chi connectivity index (χ0v) is 14.7. The molecule has 0 aliphatic rings. The van der Waals surface area contributed by atoms with Crippen LogP contribution < -0.4 is 11.2 Å². The van der Waals surface area contributed by atoms with Crippen LogP contribution in [0.2, 0.25) is 10.0 Å². The van der Waals surface area contributed by atoms with Crippen molar-refractivity contribution in [3.05, 3.63) is 58.1 Å². The molecule has 24 heavy (non-hydrogen) atoms. The zero-order valence-electron chi connectivity index (χ0n) is 12.4. The molecule has 4 N–H and O–H groups in total. The number of hydrazone groups is 1. The Morgan fingerprint density at radius 1 is 1.25 bits per heavy atom. The van der Waals surface area contributed by atoms with Crippen LogP contribution in [0, 0.1) is 16.7 Å². The molecule has 5 nitrogen and oxygen atoms in total. The van der Waals surface area contributed by atoms with Crippen molar-refractivity contribution in [3.8, 4) is 6.07 Å². The third kappa shape index (κ3) is 5.17. The molecule has 0 aliphatic carbocycles. The molecule has 0 unspecified atom stereocenters. The highest BCUT2D eigenvalue weighted by Gasteiger charge is 2.04. The molecule has 0 saturated carbocycles. The minimum Gasteiger partial charge on any atom is -0.382 e. The van der Waals surface area contributed by atoms with E-state index in [-0.39, 0.29) is 11.5 Å². The normalized spacial score (nSPS) is 11.0. The van der Waals surface area contributed by atoms with E-state index in [0.29, 0.717) is 15.7 Å². The highest BCUT2D eigenvalue weighted by Crippen LogP contribution is 2.29. The highest BCUT2D eigenvalue weighted by atomic mass is 35.5. The summed E-state index contributed by atoms with van der Waals surface area (Å²) in [6.07, 6.45) is 0. The number of nitrogens with two attached hydrogens (primary N) is 1. The summed E-state index contributed by atoms with van der Waals surface area (Å²) in [5.41, 5.74) is 9.46. The SMILES string of the molecule is N#C/C(=N\Nc1ccc(SCc2ccc(Cl)cc2Cl)cc1)C(=N)N. The summed E-state index contributed by atoms with van der Waals surface area (Å²) in [7, 11) is 0. The quantitative estimate of drug-likeness (QED) is 0.298. The number of halogens is 2. The third-order valence-electron chi connectivity index (χ3n) is 2.92. The van der Waals surface area contributed by atoms with Gasteiger partial charge in [-0.1, -0.05) is 29.3 Å². The summed E-state index contributed by atoms with van der Waals surface area (Å²) >= 11 is 13.7. The van der Waals surface area contributed by atoms with E-state index in [4.69, 9.17) is 39.6 Å². The summed E-state index contributed by atoms with van der Waals surface area (Å²) in [5.74, 6) is 0.348. The average Bonchev–Trinajstić information content (AvgIpc) is 2.55. The van der Waals surface area contributed by atoms with Gasteiger partial charge in [0.2, 0.25) is 5.71 Å². The molecule has 0 spiro atoms. The minimum atomic E-state index is -0.378. The third-order valence-corrected chi connectivity index (χ3v) is 4.57. The van der Waals surface area contributed by atoms with Crippen molar-refractivity contribution >= 4 is 52.2 Å². The van der Waals surface area contributed by atoms with Crippen molar-refractivity contribution in [2.75, 3.05) is 5.43 Å². The van der Waals surface area contributed by atoms with Crippen molar-refractivity contribution in [2.45, 2.75) is 10.6 Å². The topological polar surface area (TPSA) is 98.0 Å². The number of thioether (sulfide) groups is 1. The Labute approximate surface area is 154 Å². The van der Waals surface area contributed by atoms with Crippen molar-refractivity contribution in [1.29, 1.82) is 10.7 Å². The van der Waals surface area contributed by atoms with Crippen molar-refractivity contribution in [2.24, 2.45) is 10.8 Å². The molecule has 2 aromatic carbocycles. The molecule has 0 heterocycles. The first-order valence-corrected chi connectivity index (χ1v) is 8.48. The van der Waals surface area contributed by atoms with Crippen LogP contribution in [0.1, 0.15) is 5.56 Å². The second kappa shape index (κ2) is 8.60. The van der Waals surface area contributed by atoms with Gasteiger partial charge in [-0.15, -0.1) is 11.8 Å². The van der Waals surface area contributed by atoms with E-state index in [9.17, 15) is 0 Å². The van der Waals surface area contributed by atoms with E-state index in [2.05, 4.69) is 10.5 Å². The number of hydrogen-bond acceptors (Lipinski definition) is 5. The predicted octanol–water partition coefficient (Wildman–Crippen LogP) is 4.51. The van der Waals surface area contributed by atoms with Crippen LogP contribution in [0.4, 0.5) is 5.69 Å². The maximum Gasteiger partial charge on any atom is 0.201 e. The summed E-state index contributed by atoms with van der Waals surface area (Å²) in [5, 5.41) is 21.0. The Hall–Kier alpha value is -2.20. The van der Waals surface area contributed by atoms with Crippen molar-refractivity contribution < 1.29 is 0 Å². The molecule has 8 heteroatoms. The highest BCUT2D eigenvalue weighted by molar-refractivity contribution is 7.98. The largest absolute Gasteiger partial charge is 0.382 e. The molecule has 0 bridgehead atoms. The van der Waals surface area contributed by atoms with Crippen LogP contribution in [-0.4, -0.2) is 11.5 Å². The van der Waals surface area contributed by atoms with E-state index >= 15 is 0 Å². The van der Waals surface area contributed by atoms with Gasteiger partial charge in [-0.05, 0) is 42.0 Å². The monoisotopic (exact) mass is 377 g/mol. The second-order valence-corrected chi connectivity index (χ2v) is 6.54. The molecule has 122 valence electrons. The second-order valence-electron chi connectivity index (χ2n) is 4.65. The predicted molar refractivity (Wildman–Crippen MR) is 101 cm³/mol. The lowest BCUT2D eigenvalue weighted by Gasteiger charge is -2.06.